The van der Waals surface area contributed by atoms with E-state index in [0.717, 1.165) is 5.52 Å². The fraction of sp³-hybridized carbons (Fsp3) is 0.105. The van der Waals surface area contributed by atoms with E-state index >= 15 is 0 Å². The van der Waals surface area contributed by atoms with Crippen LogP contribution in [0, 0.1) is 0 Å². The van der Waals surface area contributed by atoms with Crippen LogP contribution in [-0.2, 0) is 9.59 Å². The summed E-state index contributed by atoms with van der Waals surface area (Å²) in [5, 5.41) is 5.46. The first-order valence-corrected chi connectivity index (χ1v) is 8.05. The van der Waals surface area contributed by atoms with Crippen LogP contribution in [0.5, 0.6) is 5.75 Å². The molecule has 130 valence electrons. The summed E-state index contributed by atoms with van der Waals surface area (Å²) in [5.41, 5.74) is 2.45. The number of anilines is 2. The van der Waals surface area contributed by atoms with Gasteiger partial charge >= 0.3 is 0 Å². The molecule has 0 aliphatic carbocycles. The maximum absolute atomic E-state index is 12.1. The molecule has 3 aromatic rings. The highest BCUT2D eigenvalue weighted by atomic mass is 16.5. The minimum atomic E-state index is -0.540. The number of nitrogens with one attached hydrogen (secondary N) is 2. The third-order valence-corrected chi connectivity index (χ3v) is 3.87. The molecule has 0 radical (unpaired) electrons. The molecule has 0 saturated carbocycles. The quantitative estimate of drug-likeness (QED) is 0.708. The van der Waals surface area contributed by atoms with Gasteiger partial charge in [0.1, 0.15) is 11.3 Å². The van der Waals surface area contributed by atoms with Gasteiger partial charge in [-0.2, -0.15) is 0 Å². The molecular weight excluding hydrogens is 334 g/mol. The van der Waals surface area contributed by atoms with E-state index in [0.29, 0.717) is 28.6 Å². The molecule has 2 heterocycles. The van der Waals surface area contributed by atoms with Gasteiger partial charge in [0.15, 0.2) is 11.7 Å². The Morgan fingerprint density at radius 2 is 2.12 bits per heavy atom. The lowest BCUT2D eigenvalue weighted by molar-refractivity contribution is -0.122. The van der Waals surface area contributed by atoms with Gasteiger partial charge in [-0.3, -0.25) is 9.59 Å². The van der Waals surface area contributed by atoms with Gasteiger partial charge < -0.3 is 19.8 Å². The third kappa shape index (κ3) is 3.14. The molecule has 0 saturated heterocycles. The molecule has 7 heteroatoms. The highest BCUT2D eigenvalue weighted by Gasteiger charge is 2.23. The Hall–Kier alpha value is -3.61. The lowest BCUT2D eigenvalue weighted by Gasteiger charge is -2.23. The number of benzene rings is 2. The maximum atomic E-state index is 12.1. The van der Waals surface area contributed by atoms with Gasteiger partial charge in [0.25, 0.3) is 5.91 Å². The molecule has 1 aliphatic rings. The van der Waals surface area contributed by atoms with Gasteiger partial charge in [-0.15, -0.1) is 0 Å². The molecule has 2 amide bonds. The van der Waals surface area contributed by atoms with Crippen molar-refractivity contribution in [2.24, 2.45) is 0 Å². The number of fused-ring (bicyclic) bond motifs is 2. The van der Waals surface area contributed by atoms with Crippen molar-refractivity contribution in [2.75, 3.05) is 10.6 Å². The topological polar surface area (TPSA) is 93.5 Å². The number of amides is 2. The van der Waals surface area contributed by atoms with Crippen molar-refractivity contribution in [1.29, 1.82) is 0 Å². The number of aromatic nitrogens is 1. The lowest BCUT2D eigenvalue weighted by atomic mass is 10.2. The highest BCUT2D eigenvalue weighted by Crippen LogP contribution is 2.32. The van der Waals surface area contributed by atoms with E-state index in [1.165, 1.54) is 12.2 Å². The number of hydrogen-bond donors (Lipinski definition) is 2. The minimum Gasteiger partial charge on any atom is -0.479 e. The number of para-hydroxylation sites is 2. The second kappa shape index (κ2) is 6.36. The van der Waals surface area contributed by atoms with Crippen molar-refractivity contribution in [3.05, 3.63) is 54.4 Å². The summed E-state index contributed by atoms with van der Waals surface area (Å²) < 4.78 is 11.0. The van der Waals surface area contributed by atoms with Crippen molar-refractivity contribution >= 4 is 40.4 Å². The summed E-state index contributed by atoms with van der Waals surface area (Å²) in [6.45, 7) is 1.67. The van der Waals surface area contributed by atoms with Crippen LogP contribution in [0.4, 0.5) is 11.4 Å². The van der Waals surface area contributed by atoms with E-state index in [2.05, 4.69) is 15.6 Å². The zero-order chi connectivity index (χ0) is 18.1. The van der Waals surface area contributed by atoms with Crippen LogP contribution in [-0.4, -0.2) is 22.9 Å². The van der Waals surface area contributed by atoms with Crippen LogP contribution in [0.3, 0.4) is 0 Å². The molecule has 2 N–H and O–H groups in total. The molecule has 4 rings (SSSR count). The maximum Gasteiger partial charge on any atom is 0.265 e. The summed E-state index contributed by atoms with van der Waals surface area (Å²) in [4.78, 5) is 28.0. The Morgan fingerprint density at radius 3 is 2.96 bits per heavy atom. The van der Waals surface area contributed by atoms with E-state index in [9.17, 15) is 9.59 Å². The van der Waals surface area contributed by atoms with Crippen LogP contribution in [0.25, 0.3) is 17.2 Å². The van der Waals surface area contributed by atoms with Gasteiger partial charge in [-0.25, -0.2) is 4.98 Å². The molecule has 1 aliphatic heterocycles. The monoisotopic (exact) mass is 349 g/mol. The van der Waals surface area contributed by atoms with Gasteiger partial charge in [-0.1, -0.05) is 12.1 Å². The lowest BCUT2D eigenvalue weighted by Crippen LogP contribution is -2.34. The SMILES string of the molecule is CC1Oc2ccc(NC(=O)C=Cc3nc4ccccc4o3)cc2NC1=O. The number of ether oxygens (including phenoxy) is 1. The Bertz CT molecular complexity index is 1010. The van der Waals surface area contributed by atoms with Crippen LogP contribution >= 0.6 is 0 Å². The number of rotatable bonds is 3. The second-order valence-corrected chi connectivity index (χ2v) is 5.80. The van der Waals surface area contributed by atoms with Crippen molar-refractivity contribution in [1.82, 2.24) is 4.98 Å². The van der Waals surface area contributed by atoms with E-state index < -0.39 is 6.10 Å². The molecular formula is C19H15N3O4. The average Bonchev–Trinajstić information content (AvgIpc) is 3.04. The number of carbonyl (C=O) groups excluding carboxylic acids is 2. The number of hydrogen-bond acceptors (Lipinski definition) is 5. The molecule has 1 unspecified atom stereocenters. The molecule has 0 fully saturated rings. The molecule has 2 aromatic carbocycles. The predicted molar refractivity (Wildman–Crippen MR) is 96.8 cm³/mol. The second-order valence-electron chi connectivity index (χ2n) is 5.80. The van der Waals surface area contributed by atoms with Gasteiger partial charge in [-0.05, 0) is 37.3 Å². The number of carbonyl (C=O) groups is 2. The molecule has 7 nitrogen and oxygen atoms in total. The van der Waals surface area contributed by atoms with E-state index in [-0.39, 0.29) is 11.8 Å². The molecule has 0 bridgehead atoms. The predicted octanol–water partition coefficient (Wildman–Crippen LogP) is 3.20. The van der Waals surface area contributed by atoms with Gasteiger partial charge in [0.2, 0.25) is 11.8 Å². The summed E-state index contributed by atoms with van der Waals surface area (Å²) in [5.74, 6) is 0.346. The van der Waals surface area contributed by atoms with Gasteiger partial charge in [0.05, 0.1) is 5.69 Å². The minimum absolute atomic E-state index is 0.225. The summed E-state index contributed by atoms with van der Waals surface area (Å²) >= 11 is 0. The summed E-state index contributed by atoms with van der Waals surface area (Å²) in [6, 6.07) is 12.4. The zero-order valence-electron chi connectivity index (χ0n) is 13.9. The molecule has 1 aromatic heterocycles. The van der Waals surface area contributed by atoms with Crippen LogP contribution in [0.15, 0.2) is 53.0 Å². The summed E-state index contributed by atoms with van der Waals surface area (Å²) in [7, 11) is 0. The van der Waals surface area contributed by atoms with E-state index in [1.807, 2.05) is 24.3 Å². The van der Waals surface area contributed by atoms with Crippen molar-refractivity contribution in [3.8, 4) is 5.75 Å². The van der Waals surface area contributed by atoms with Crippen molar-refractivity contribution in [3.63, 3.8) is 0 Å². The zero-order valence-corrected chi connectivity index (χ0v) is 13.9. The van der Waals surface area contributed by atoms with E-state index in [1.54, 1.807) is 25.1 Å². The smallest absolute Gasteiger partial charge is 0.265 e. The van der Waals surface area contributed by atoms with Gasteiger partial charge in [0, 0.05) is 17.8 Å². The first-order valence-electron chi connectivity index (χ1n) is 8.05. The average molecular weight is 349 g/mol. The highest BCUT2D eigenvalue weighted by molar-refractivity contribution is 6.03. The molecule has 0 spiro atoms. The molecule has 1 atom stereocenters. The molecule has 26 heavy (non-hydrogen) atoms. The Kier molecular flexibility index (Phi) is 3.89. The fourth-order valence-electron chi connectivity index (χ4n) is 2.58. The van der Waals surface area contributed by atoms with E-state index in [4.69, 9.17) is 9.15 Å². The first kappa shape index (κ1) is 15.9. The Morgan fingerprint density at radius 1 is 1.27 bits per heavy atom. The number of oxazole rings is 1. The van der Waals surface area contributed by atoms with Crippen LogP contribution in [0.1, 0.15) is 12.8 Å². The summed E-state index contributed by atoms with van der Waals surface area (Å²) in [6.07, 6.45) is 2.30. The normalized spacial score (nSPS) is 16.2. The third-order valence-electron chi connectivity index (χ3n) is 3.87. The first-order chi connectivity index (χ1) is 12.6. The van der Waals surface area contributed by atoms with Crippen molar-refractivity contribution < 1.29 is 18.7 Å². The Labute approximate surface area is 148 Å². The van der Waals surface area contributed by atoms with Crippen molar-refractivity contribution in [2.45, 2.75) is 13.0 Å². The number of nitrogens with zero attached hydrogens (tertiary/aromatic N) is 1. The Balaban J connectivity index is 1.46. The largest absolute Gasteiger partial charge is 0.479 e. The standard InChI is InChI=1S/C19H15N3O4/c1-11-19(24)22-14-10-12(6-7-16(14)25-11)20-17(23)8-9-18-21-13-4-2-3-5-15(13)26-18/h2-11H,1H3,(H,20,23)(H,22,24). The van der Waals surface area contributed by atoms with Crippen LogP contribution < -0.4 is 15.4 Å². The van der Waals surface area contributed by atoms with Crippen LogP contribution in [0.2, 0.25) is 0 Å². The fourth-order valence-corrected chi connectivity index (χ4v) is 2.58.